The van der Waals surface area contributed by atoms with Crippen LogP contribution in [0.3, 0.4) is 0 Å². The van der Waals surface area contributed by atoms with Gasteiger partial charge in [0.15, 0.2) is 0 Å². The molecule has 6 heteroatoms. The lowest BCUT2D eigenvalue weighted by molar-refractivity contribution is 0.276. The molecule has 0 aromatic heterocycles. The molecule has 18 heavy (non-hydrogen) atoms. The summed E-state index contributed by atoms with van der Waals surface area (Å²) in [5.41, 5.74) is 1.82. The molecule has 0 aliphatic carbocycles. The van der Waals surface area contributed by atoms with Crippen LogP contribution in [0.1, 0.15) is 24.5 Å². The molecule has 2 atom stereocenters. The van der Waals surface area contributed by atoms with Crippen LogP contribution < -0.4 is 9.46 Å². The van der Waals surface area contributed by atoms with Gasteiger partial charge in [0.1, 0.15) is 5.75 Å². The zero-order chi connectivity index (χ0) is 13.5. The van der Waals surface area contributed by atoms with Crippen LogP contribution in [0.25, 0.3) is 0 Å². The Bertz CT molecular complexity index is 411. The van der Waals surface area contributed by atoms with E-state index in [2.05, 4.69) is 4.72 Å². The van der Waals surface area contributed by atoms with Crippen molar-refractivity contribution in [3.05, 3.63) is 29.3 Å². The molecule has 0 bridgehead atoms. The highest BCUT2D eigenvalue weighted by Gasteiger charge is 2.03. The van der Waals surface area contributed by atoms with E-state index >= 15 is 0 Å². The summed E-state index contributed by atoms with van der Waals surface area (Å²) in [5, 5.41) is 9.07. The van der Waals surface area contributed by atoms with Crippen molar-refractivity contribution in [2.75, 3.05) is 6.61 Å². The minimum atomic E-state index is -2.24. The number of benzene rings is 1. The van der Waals surface area contributed by atoms with Gasteiger partial charge in [0.25, 0.3) is 0 Å². The Kier molecular flexibility index (Phi) is 6.28. The first-order chi connectivity index (χ1) is 8.51. The molecule has 1 rings (SSSR count). The molecular weight excluding hydrogens is 254 g/mol. The van der Waals surface area contributed by atoms with Crippen molar-refractivity contribution < 1.29 is 18.6 Å². The van der Waals surface area contributed by atoms with Gasteiger partial charge in [-0.05, 0) is 43.5 Å². The van der Waals surface area contributed by atoms with Gasteiger partial charge >= 0.3 is 0 Å². The summed E-state index contributed by atoms with van der Waals surface area (Å²) in [6, 6.07) is 5.38. The maximum Gasteiger partial charge on any atom is 0.119 e. The number of aryl methyl sites for hydroxylation is 1. The first-order valence-electron chi connectivity index (χ1n) is 5.71. The first-order valence-corrected chi connectivity index (χ1v) is 6.78. The van der Waals surface area contributed by atoms with Crippen LogP contribution in [-0.4, -0.2) is 26.5 Å². The van der Waals surface area contributed by atoms with E-state index in [0.29, 0.717) is 18.8 Å². The minimum Gasteiger partial charge on any atom is -0.760 e. The van der Waals surface area contributed by atoms with Gasteiger partial charge in [-0.3, -0.25) is 4.21 Å². The second-order valence-corrected chi connectivity index (χ2v) is 4.91. The predicted octanol–water partition coefficient (Wildman–Crippen LogP) is 1.03. The van der Waals surface area contributed by atoms with Gasteiger partial charge in [-0.15, -0.1) is 0 Å². The van der Waals surface area contributed by atoms with Crippen LogP contribution in [-0.2, 0) is 17.9 Å². The average molecular weight is 272 g/mol. The van der Waals surface area contributed by atoms with Gasteiger partial charge in [0.05, 0.1) is 13.2 Å². The lowest BCUT2D eigenvalue weighted by Gasteiger charge is -2.16. The Morgan fingerprint density at radius 2 is 2.22 bits per heavy atom. The summed E-state index contributed by atoms with van der Waals surface area (Å²) >= 11 is -2.24. The van der Waals surface area contributed by atoms with Gasteiger partial charge in [-0.2, -0.15) is 0 Å². The molecule has 5 nitrogen and oxygen atoms in total. The fraction of sp³-hybridized carbons (Fsp3) is 0.500. The van der Waals surface area contributed by atoms with Crippen LogP contribution >= 0.6 is 0 Å². The number of hydrogen-bond acceptors (Lipinski definition) is 4. The highest BCUT2D eigenvalue weighted by molar-refractivity contribution is 7.77. The van der Waals surface area contributed by atoms with Crippen LogP contribution in [0.2, 0.25) is 0 Å². The second kappa shape index (κ2) is 7.48. The van der Waals surface area contributed by atoms with E-state index in [1.807, 2.05) is 19.1 Å². The Morgan fingerprint density at radius 3 is 2.83 bits per heavy atom. The average Bonchev–Trinajstić information content (AvgIpc) is 2.27. The SMILES string of the molecule is Cc1cc(CO)cc(OCCC(C)NS(=O)[O-])c1. The molecule has 0 heterocycles. The molecule has 0 radical (unpaired) electrons. The topological polar surface area (TPSA) is 81.6 Å². The maximum absolute atomic E-state index is 10.4. The molecule has 0 spiro atoms. The largest absolute Gasteiger partial charge is 0.760 e. The summed E-state index contributed by atoms with van der Waals surface area (Å²) in [6.07, 6.45) is 0.580. The Hall–Kier alpha value is -0.950. The van der Waals surface area contributed by atoms with Crippen molar-refractivity contribution in [3.8, 4) is 5.75 Å². The summed E-state index contributed by atoms with van der Waals surface area (Å²) in [4.78, 5) is 0. The summed E-state index contributed by atoms with van der Waals surface area (Å²) < 4.78 is 28.7. The quantitative estimate of drug-likeness (QED) is 0.726. The molecule has 0 saturated carbocycles. The Labute approximate surface area is 110 Å². The molecule has 0 aliphatic heterocycles. The van der Waals surface area contributed by atoms with E-state index in [-0.39, 0.29) is 12.6 Å². The van der Waals surface area contributed by atoms with Crippen molar-refractivity contribution >= 4 is 11.3 Å². The highest BCUT2D eigenvalue weighted by atomic mass is 32.2. The van der Waals surface area contributed by atoms with Gasteiger partial charge in [-0.25, -0.2) is 4.72 Å². The van der Waals surface area contributed by atoms with E-state index < -0.39 is 11.3 Å². The van der Waals surface area contributed by atoms with Crippen LogP contribution in [0, 0.1) is 6.92 Å². The number of aliphatic hydroxyl groups excluding tert-OH is 1. The van der Waals surface area contributed by atoms with Crippen molar-refractivity contribution in [2.24, 2.45) is 0 Å². The molecule has 0 fully saturated rings. The van der Waals surface area contributed by atoms with E-state index in [1.165, 1.54) is 0 Å². The third-order valence-electron chi connectivity index (χ3n) is 2.41. The van der Waals surface area contributed by atoms with Crippen molar-refractivity contribution in [1.82, 2.24) is 4.72 Å². The van der Waals surface area contributed by atoms with E-state index in [1.54, 1.807) is 13.0 Å². The normalized spacial score (nSPS) is 14.2. The standard InChI is InChI=1S/C12H19NO4S/c1-9-5-11(8-14)7-12(6-9)17-4-3-10(2)13-18(15)16/h5-7,10,13-14H,3-4,8H2,1-2H3,(H,15,16)/p-1. The van der Waals surface area contributed by atoms with Crippen LogP contribution in [0.5, 0.6) is 5.75 Å². The van der Waals surface area contributed by atoms with Gasteiger partial charge in [0.2, 0.25) is 0 Å². The molecule has 1 aromatic rings. The first kappa shape index (κ1) is 15.1. The predicted molar refractivity (Wildman–Crippen MR) is 68.7 cm³/mol. The Balaban J connectivity index is 2.43. The summed E-state index contributed by atoms with van der Waals surface area (Å²) in [7, 11) is 0. The fourth-order valence-corrected chi connectivity index (χ4v) is 2.02. The van der Waals surface area contributed by atoms with Gasteiger partial charge < -0.3 is 14.4 Å². The maximum atomic E-state index is 10.4. The second-order valence-electron chi connectivity index (χ2n) is 4.20. The van der Waals surface area contributed by atoms with Crippen LogP contribution in [0.15, 0.2) is 18.2 Å². The smallest absolute Gasteiger partial charge is 0.119 e. The van der Waals surface area contributed by atoms with E-state index in [0.717, 1.165) is 11.1 Å². The zero-order valence-corrected chi connectivity index (χ0v) is 11.3. The number of aliphatic hydroxyl groups is 1. The van der Waals surface area contributed by atoms with Crippen molar-refractivity contribution in [2.45, 2.75) is 32.9 Å². The minimum absolute atomic E-state index is 0.0227. The molecule has 0 amide bonds. The lowest BCUT2D eigenvalue weighted by Crippen LogP contribution is -2.29. The van der Waals surface area contributed by atoms with Crippen LogP contribution in [0.4, 0.5) is 0 Å². The molecule has 1 aromatic carbocycles. The molecular formula is C12H18NO4S-. The molecule has 102 valence electrons. The zero-order valence-electron chi connectivity index (χ0n) is 10.5. The summed E-state index contributed by atoms with van der Waals surface area (Å²) in [6.45, 7) is 4.09. The van der Waals surface area contributed by atoms with E-state index in [4.69, 9.17) is 9.84 Å². The molecule has 0 saturated heterocycles. The fourth-order valence-electron chi connectivity index (χ4n) is 1.58. The third kappa shape index (κ3) is 5.59. The van der Waals surface area contributed by atoms with E-state index in [9.17, 15) is 8.76 Å². The molecule has 2 N–H and O–H groups in total. The van der Waals surface area contributed by atoms with Gasteiger partial charge in [0, 0.05) is 17.3 Å². The number of ether oxygens (including phenoxy) is 1. The van der Waals surface area contributed by atoms with Gasteiger partial charge in [-0.1, -0.05) is 6.07 Å². The number of rotatable bonds is 7. The molecule has 0 aliphatic rings. The number of hydrogen-bond donors (Lipinski definition) is 2. The highest BCUT2D eigenvalue weighted by Crippen LogP contribution is 2.17. The Morgan fingerprint density at radius 1 is 1.50 bits per heavy atom. The number of nitrogens with one attached hydrogen (secondary N) is 1. The monoisotopic (exact) mass is 272 g/mol. The lowest BCUT2D eigenvalue weighted by atomic mass is 10.1. The third-order valence-corrected chi connectivity index (χ3v) is 3.01. The van der Waals surface area contributed by atoms with Crippen molar-refractivity contribution in [3.63, 3.8) is 0 Å². The summed E-state index contributed by atoms with van der Waals surface area (Å²) in [5.74, 6) is 0.689. The molecule has 2 unspecified atom stereocenters. The van der Waals surface area contributed by atoms with Crippen molar-refractivity contribution in [1.29, 1.82) is 0 Å².